The lowest BCUT2D eigenvalue weighted by Crippen LogP contribution is -2.71. The second kappa shape index (κ2) is 7.51. The number of aliphatic imine (C=N–C) groups is 1. The largest absolute Gasteiger partial charge is 0.377 e. The van der Waals surface area contributed by atoms with Crippen LogP contribution in [0.1, 0.15) is 47.5 Å². The summed E-state index contributed by atoms with van der Waals surface area (Å²) >= 11 is 0. The number of carbonyl (C=O) groups is 1. The molecule has 3 atom stereocenters. The summed E-state index contributed by atoms with van der Waals surface area (Å²) in [6, 6.07) is 0.470. The second-order valence-corrected chi connectivity index (χ2v) is 7.46. The van der Waals surface area contributed by atoms with E-state index < -0.39 is 0 Å². The van der Waals surface area contributed by atoms with Crippen LogP contribution in [0.2, 0.25) is 0 Å². The Morgan fingerprint density at radius 3 is 2.78 bits per heavy atom. The maximum atomic E-state index is 11.8. The lowest BCUT2D eigenvalue weighted by Gasteiger charge is -2.60. The third-order valence-electron chi connectivity index (χ3n) is 4.80. The Labute approximate surface area is 139 Å². The fourth-order valence-corrected chi connectivity index (χ4v) is 3.80. The van der Waals surface area contributed by atoms with Crippen LogP contribution in [0.15, 0.2) is 4.99 Å². The average Bonchev–Trinajstić information content (AvgIpc) is 2.49. The molecule has 1 saturated carbocycles. The van der Waals surface area contributed by atoms with Crippen molar-refractivity contribution in [2.45, 2.75) is 65.6 Å². The molecule has 0 spiro atoms. The molecule has 0 aromatic rings. The Kier molecular flexibility index (Phi) is 5.89. The van der Waals surface area contributed by atoms with Crippen LogP contribution in [0.4, 0.5) is 0 Å². The minimum atomic E-state index is -0.0519. The second-order valence-electron chi connectivity index (χ2n) is 7.46. The summed E-state index contributed by atoms with van der Waals surface area (Å²) in [6.45, 7) is 12.2. The van der Waals surface area contributed by atoms with Crippen LogP contribution in [-0.4, -0.2) is 49.8 Å². The number of guanidine groups is 1. The van der Waals surface area contributed by atoms with Gasteiger partial charge in [-0.15, -0.1) is 0 Å². The van der Waals surface area contributed by atoms with E-state index >= 15 is 0 Å². The van der Waals surface area contributed by atoms with Crippen molar-refractivity contribution >= 4 is 11.9 Å². The monoisotopic (exact) mass is 324 g/mol. The quantitative estimate of drug-likeness (QED) is 0.526. The number of amides is 1. The van der Waals surface area contributed by atoms with E-state index in [4.69, 9.17) is 4.74 Å². The van der Waals surface area contributed by atoms with Crippen molar-refractivity contribution in [3.8, 4) is 0 Å². The molecule has 0 bridgehead atoms. The Morgan fingerprint density at radius 1 is 1.39 bits per heavy atom. The van der Waals surface area contributed by atoms with Gasteiger partial charge in [0.2, 0.25) is 5.91 Å². The highest BCUT2D eigenvalue weighted by Crippen LogP contribution is 2.51. The van der Waals surface area contributed by atoms with E-state index in [1.807, 2.05) is 20.8 Å². The van der Waals surface area contributed by atoms with Gasteiger partial charge in [-0.2, -0.15) is 0 Å². The third kappa shape index (κ3) is 4.16. The van der Waals surface area contributed by atoms with Crippen LogP contribution in [-0.2, 0) is 9.53 Å². The van der Waals surface area contributed by atoms with Gasteiger partial charge in [-0.1, -0.05) is 13.8 Å². The van der Waals surface area contributed by atoms with Gasteiger partial charge in [-0.3, -0.25) is 4.79 Å². The molecule has 1 aliphatic carbocycles. The SMILES string of the molecule is CCNC(=NCC(=O)NC(C)C)NC1C2CCCOC2C1(C)C. The minimum absolute atomic E-state index is 0.0519. The molecule has 2 aliphatic rings. The molecular formula is C17H32N4O2. The summed E-state index contributed by atoms with van der Waals surface area (Å²) in [5, 5.41) is 9.63. The van der Waals surface area contributed by atoms with Crippen molar-refractivity contribution in [1.82, 2.24) is 16.0 Å². The Hall–Kier alpha value is -1.30. The summed E-state index contributed by atoms with van der Waals surface area (Å²) in [6.07, 6.45) is 2.65. The fraction of sp³-hybridized carbons (Fsp3) is 0.882. The van der Waals surface area contributed by atoms with Gasteiger partial charge in [0.05, 0.1) is 6.10 Å². The molecule has 6 nitrogen and oxygen atoms in total. The van der Waals surface area contributed by atoms with Gasteiger partial charge in [0.15, 0.2) is 5.96 Å². The number of hydrogen-bond donors (Lipinski definition) is 3. The van der Waals surface area contributed by atoms with E-state index in [1.165, 1.54) is 6.42 Å². The Bertz CT molecular complexity index is 448. The number of hydrogen-bond acceptors (Lipinski definition) is 3. The van der Waals surface area contributed by atoms with E-state index in [0.717, 1.165) is 19.6 Å². The number of ether oxygens (including phenoxy) is 1. The van der Waals surface area contributed by atoms with Crippen LogP contribution in [0.5, 0.6) is 0 Å². The molecule has 1 aliphatic heterocycles. The molecule has 1 heterocycles. The van der Waals surface area contributed by atoms with Crippen LogP contribution in [0, 0.1) is 11.3 Å². The van der Waals surface area contributed by atoms with Crippen molar-refractivity contribution in [3.63, 3.8) is 0 Å². The number of nitrogens with zero attached hydrogens (tertiary/aromatic N) is 1. The zero-order valence-electron chi connectivity index (χ0n) is 15.1. The highest BCUT2D eigenvalue weighted by atomic mass is 16.5. The van der Waals surface area contributed by atoms with E-state index in [0.29, 0.717) is 24.0 Å². The molecular weight excluding hydrogens is 292 g/mol. The fourth-order valence-electron chi connectivity index (χ4n) is 3.80. The molecule has 2 fully saturated rings. The Morgan fingerprint density at radius 2 is 2.13 bits per heavy atom. The molecule has 132 valence electrons. The molecule has 2 rings (SSSR count). The van der Waals surface area contributed by atoms with Gasteiger partial charge in [-0.25, -0.2) is 4.99 Å². The highest BCUT2D eigenvalue weighted by molar-refractivity contribution is 5.85. The standard InChI is InChI=1S/C17H32N4O2/c1-6-18-16(19-10-13(22)20-11(2)3)21-14-12-8-7-9-23-15(12)17(14,4)5/h11-12,14-15H,6-10H2,1-5H3,(H,20,22)(H2,18,19,21). The van der Waals surface area contributed by atoms with E-state index in [2.05, 4.69) is 34.8 Å². The maximum Gasteiger partial charge on any atom is 0.242 e. The molecule has 0 aromatic carbocycles. The highest BCUT2D eigenvalue weighted by Gasteiger charge is 2.58. The molecule has 3 N–H and O–H groups in total. The van der Waals surface area contributed by atoms with Crippen molar-refractivity contribution in [2.75, 3.05) is 19.7 Å². The zero-order chi connectivity index (χ0) is 17.0. The van der Waals surface area contributed by atoms with E-state index in [1.54, 1.807) is 0 Å². The molecule has 0 aromatic heterocycles. The van der Waals surface area contributed by atoms with Crippen molar-refractivity contribution < 1.29 is 9.53 Å². The predicted molar refractivity (Wildman–Crippen MR) is 92.4 cm³/mol. The van der Waals surface area contributed by atoms with Gasteiger partial charge in [0, 0.05) is 36.6 Å². The smallest absolute Gasteiger partial charge is 0.242 e. The van der Waals surface area contributed by atoms with Crippen LogP contribution < -0.4 is 16.0 Å². The van der Waals surface area contributed by atoms with Gasteiger partial charge in [-0.05, 0) is 33.6 Å². The first-order chi connectivity index (χ1) is 10.9. The summed E-state index contributed by atoms with van der Waals surface area (Å²) in [7, 11) is 0. The van der Waals surface area contributed by atoms with Crippen LogP contribution in [0.25, 0.3) is 0 Å². The lowest BCUT2D eigenvalue weighted by molar-refractivity contribution is -0.188. The summed E-state index contributed by atoms with van der Waals surface area (Å²) in [5.41, 5.74) is 0.0848. The lowest BCUT2D eigenvalue weighted by atomic mass is 9.55. The zero-order valence-corrected chi connectivity index (χ0v) is 15.1. The summed E-state index contributed by atoms with van der Waals surface area (Å²) in [4.78, 5) is 16.2. The minimum Gasteiger partial charge on any atom is -0.377 e. The van der Waals surface area contributed by atoms with Gasteiger partial charge in [0.25, 0.3) is 0 Å². The maximum absolute atomic E-state index is 11.8. The molecule has 0 radical (unpaired) electrons. The first-order valence-electron chi connectivity index (χ1n) is 8.82. The van der Waals surface area contributed by atoms with Crippen molar-refractivity contribution in [1.29, 1.82) is 0 Å². The predicted octanol–water partition coefficient (Wildman–Crippen LogP) is 1.27. The van der Waals surface area contributed by atoms with Crippen LogP contribution >= 0.6 is 0 Å². The van der Waals surface area contributed by atoms with Gasteiger partial charge >= 0.3 is 0 Å². The van der Waals surface area contributed by atoms with Gasteiger partial charge in [0.1, 0.15) is 6.54 Å². The molecule has 6 heteroatoms. The van der Waals surface area contributed by atoms with E-state index in [9.17, 15) is 4.79 Å². The van der Waals surface area contributed by atoms with Crippen molar-refractivity contribution in [3.05, 3.63) is 0 Å². The summed E-state index contributed by atoms with van der Waals surface area (Å²) in [5.74, 6) is 1.20. The molecule has 1 saturated heterocycles. The number of nitrogens with one attached hydrogen (secondary N) is 3. The molecule has 1 amide bonds. The molecule has 23 heavy (non-hydrogen) atoms. The van der Waals surface area contributed by atoms with Crippen molar-refractivity contribution in [2.24, 2.45) is 16.3 Å². The Balaban J connectivity index is 1.97. The molecule has 3 unspecified atom stereocenters. The number of fused-ring (bicyclic) bond motifs is 1. The first-order valence-corrected chi connectivity index (χ1v) is 8.82. The van der Waals surface area contributed by atoms with E-state index in [-0.39, 0.29) is 23.9 Å². The number of carbonyl (C=O) groups excluding carboxylic acids is 1. The number of rotatable bonds is 5. The average molecular weight is 324 g/mol. The normalized spacial score (nSPS) is 29.5. The van der Waals surface area contributed by atoms with Crippen LogP contribution in [0.3, 0.4) is 0 Å². The third-order valence-corrected chi connectivity index (χ3v) is 4.80. The topological polar surface area (TPSA) is 74.8 Å². The van der Waals surface area contributed by atoms with Gasteiger partial charge < -0.3 is 20.7 Å². The summed E-state index contributed by atoms with van der Waals surface area (Å²) < 4.78 is 5.94. The first kappa shape index (κ1) is 18.0.